The largest absolute Gasteiger partial charge is 0.350 e. The van der Waals surface area contributed by atoms with Gasteiger partial charge in [-0.25, -0.2) is 0 Å². The Morgan fingerprint density at radius 2 is 1.81 bits per heavy atom. The molecule has 0 bridgehead atoms. The summed E-state index contributed by atoms with van der Waals surface area (Å²) in [5, 5.41) is 3.11. The van der Waals surface area contributed by atoms with E-state index in [1.54, 1.807) is 6.92 Å². The quantitative estimate of drug-likeness (QED) is 0.713. The van der Waals surface area contributed by atoms with Crippen molar-refractivity contribution < 1.29 is 4.79 Å². The summed E-state index contributed by atoms with van der Waals surface area (Å²) >= 11 is 0. The fourth-order valence-electron chi connectivity index (χ4n) is 3.31. The van der Waals surface area contributed by atoms with Gasteiger partial charge < -0.3 is 5.32 Å². The van der Waals surface area contributed by atoms with E-state index in [1.807, 2.05) is 0 Å². The molecule has 16 heavy (non-hydrogen) atoms. The summed E-state index contributed by atoms with van der Waals surface area (Å²) in [6, 6.07) is 0.406. The molecule has 2 aliphatic carbocycles. The Balaban J connectivity index is 1.85. The smallest absolute Gasteiger partial charge is 0.246 e. The molecule has 2 nitrogen and oxygen atoms in total. The minimum absolute atomic E-state index is 0.0410. The average Bonchev–Trinajstić information content (AvgIpc) is 2.28. The minimum Gasteiger partial charge on any atom is -0.350 e. The highest BCUT2D eigenvalue weighted by Gasteiger charge is 2.32. The first kappa shape index (κ1) is 11.7. The molecule has 0 saturated heterocycles. The van der Waals surface area contributed by atoms with Crippen LogP contribution in [0.1, 0.15) is 51.9 Å². The lowest BCUT2D eigenvalue weighted by molar-refractivity contribution is -0.118. The molecule has 1 amide bonds. The maximum absolute atomic E-state index is 11.6. The Labute approximate surface area is 98.5 Å². The molecule has 2 rings (SSSR count). The van der Waals surface area contributed by atoms with Gasteiger partial charge in [0.25, 0.3) is 0 Å². The molecule has 0 spiro atoms. The zero-order valence-electron chi connectivity index (χ0n) is 10.3. The molecule has 0 radical (unpaired) electrons. The van der Waals surface area contributed by atoms with Crippen molar-refractivity contribution in [3.05, 3.63) is 12.2 Å². The molecule has 3 atom stereocenters. The van der Waals surface area contributed by atoms with Crippen molar-refractivity contribution in [2.24, 2.45) is 11.8 Å². The Hall–Kier alpha value is -0.790. The zero-order chi connectivity index (χ0) is 11.5. The van der Waals surface area contributed by atoms with Crippen molar-refractivity contribution >= 4 is 5.91 Å². The predicted molar refractivity (Wildman–Crippen MR) is 66.0 cm³/mol. The first-order chi connectivity index (χ1) is 7.66. The van der Waals surface area contributed by atoms with E-state index >= 15 is 0 Å². The number of hydrogen-bond donors (Lipinski definition) is 1. The summed E-state index contributed by atoms with van der Waals surface area (Å²) < 4.78 is 0. The van der Waals surface area contributed by atoms with E-state index in [-0.39, 0.29) is 5.91 Å². The standard InChI is InChI=1S/C14H23NO/c1-10(2)14(16)15-13-8-7-11-5-3-4-6-12(11)9-13/h11-13H,1,3-9H2,2H3,(H,15,16). The Morgan fingerprint density at radius 3 is 2.50 bits per heavy atom. The van der Waals surface area contributed by atoms with Crippen molar-refractivity contribution in [1.82, 2.24) is 5.32 Å². The minimum atomic E-state index is 0.0410. The number of fused-ring (bicyclic) bond motifs is 1. The molecule has 0 aromatic rings. The Bertz CT molecular complexity index is 284. The lowest BCUT2D eigenvalue weighted by Crippen LogP contribution is -2.41. The number of nitrogens with one attached hydrogen (secondary N) is 1. The number of hydrogen-bond acceptors (Lipinski definition) is 1. The number of rotatable bonds is 2. The van der Waals surface area contributed by atoms with Crippen molar-refractivity contribution in [1.29, 1.82) is 0 Å². The van der Waals surface area contributed by atoms with Crippen LogP contribution in [-0.4, -0.2) is 11.9 Å². The van der Waals surface area contributed by atoms with Crippen LogP contribution in [0.25, 0.3) is 0 Å². The molecule has 2 saturated carbocycles. The van der Waals surface area contributed by atoms with Gasteiger partial charge in [-0.1, -0.05) is 32.3 Å². The van der Waals surface area contributed by atoms with E-state index in [9.17, 15) is 4.79 Å². The molecule has 0 aliphatic heterocycles. The maximum atomic E-state index is 11.6. The number of carbonyl (C=O) groups excluding carboxylic acids is 1. The molecule has 0 aromatic carbocycles. The van der Waals surface area contributed by atoms with Crippen LogP contribution in [-0.2, 0) is 4.79 Å². The topological polar surface area (TPSA) is 29.1 Å². The van der Waals surface area contributed by atoms with Crippen LogP contribution in [0.5, 0.6) is 0 Å². The molecule has 0 aromatic heterocycles. The van der Waals surface area contributed by atoms with Crippen molar-refractivity contribution in [2.75, 3.05) is 0 Å². The third-order valence-electron chi connectivity index (χ3n) is 4.26. The molecule has 1 N–H and O–H groups in total. The summed E-state index contributed by atoms with van der Waals surface area (Å²) in [4.78, 5) is 11.6. The van der Waals surface area contributed by atoms with Crippen LogP contribution in [0.15, 0.2) is 12.2 Å². The molecule has 2 fully saturated rings. The van der Waals surface area contributed by atoms with Crippen LogP contribution in [0.4, 0.5) is 0 Å². The van der Waals surface area contributed by atoms with Crippen LogP contribution >= 0.6 is 0 Å². The van der Waals surface area contributed by atoms with Gasteiger partial charge in [-0.3, -0.25) is 4.79 Å². The Morgan fingerprint density at radius 1 is 1.12 bits per heavy atom. The zero-order valence-corrected chi connectivity index (χ0v) is 10.3. The lowest BCUT2D eigenvalue weighted by Gasteiger charge is -2.39. The highest BCUT2D eigenvalue weighted by Crippen LogP contribution is 2.40. The second kappa shape index (κ2) is 5.03. The van der Waals surface area contributed by atoms with E-state index in [0.717, 1.165) is 11.8 Å². The van der Waals surface area contributed by atoms with Gasteiger partial charge in [0.05, 0.1) is 0 Å². The summed E-state index contributed by atoms with van der Waals surface area (Å²) in [7, 11) is 0. The van der Waals surface area contributed by atoms with Gasteiger partial charge in [0, 0.05) is 11.6 Å². The average molecular weight is 221 g/mol. The normalized spacial score (nSPS) is 33.9. The summed E-state index contributed by atoms with van der Waals surface area (Å²) in [6.45, 7) is 5.47. The molecule has 2 aliphatic rings. The molecule has 90 valence electrons. The van der Waals surface area contributed by atoms with Gasteiger partial charge in [-0.2, -0.15) is 0 Å². The van der Waals surface area contributed by atoms with E-state index in [0.29, 0.717) is 11.6 Å². The molecular formula is C14H23NO. The third kappa shape index (κ3) is 2.66. The van der Waals surface area contributed by atoms with Gasteiger partial charge in [0.15, 0.2) is 0 Å². The fourth-order valence-corrected chi connectivity index (χ4v) is 3.31. The van der Waals surface area contributed by atoms with Crippen LogP contribution in [0.3, 0.4) is 0 Å². The van der Waals surface area contributed by atoms with Crippen LogP contribution in [0.2, 0.25) is 0 Å². The molecule has 2 heteroatoms. The van der Waals surface area contributed by atoms with Gasteiger partial charge in [0.1, 0.15) is 0 Å². The fraction of sp³-hybridized carbons (Fsp3) is 0.786. The van der Waals surface area contributed by atoms with Crippen LogP contribution < -0.4 is 5.32 Å². The summed E-state index contributed by atoms with van der Waals surface area (Å²) in [5.74, 6) is 1.86. The van der Waals surface area contributed by atoms with Crippen molar-refractivity contribution in [3.8, 4) is 0 Å². The Kier molecular flexibility index (Phi) is 3.67. The third-order valence-corrected chi connectivity index (χ3v) is 4.26. The number of amides is 1. The first-order valence-electron chi connectivity index (χ1n) is 6.63. The van der Waals surface area contributed by atoms with Crippen molar-refractivity contribution in [3.63, 3.8) is 0 Å². The van der Waals surface area contributed by atoms with E-state index in [4.69, 9.17) is 0 Å². The van der Waals surface area contributed by atoms with Gasteiger partial charge in [-0.05, 0) is 38.0 Å². The van der Waals surface area contributed by atoms with Gasteiger partial charge >= 0.3 is 0 Å². The molecule has 0 heterocycles. The lowest BCUT2D eigenvalue weighted by atomic mass is 9.69. The monoisotopic (exact) mass is 221 g/mol. The second-order valence-electron chi connectivity index (χ2n) is 5.57. The number of carbonyl (C=O) groups is 1. The second-order valence-corrected chi connectivity index (χ2v) is 5.57. The van der Waals surface area contributed by atoms with Gasteiger partial charge in [0.2, 0.25) is 5.91 Å². The van der Waals surface area contributed by atoms with E-state index in [2.05, 4.69) is 11.9 Å². The van der Waals surface area contributed by atoms with E-state index < -0.39 is 0 Å². The maximum Gasteiger partial charge on any atom is 0.246 e. The highest BCUT2D eigenvalue weighted by atomic mass is 16.1. The van der Waals surface area contributed by atoms with Crippen LogP contribution in [0, 0.1) is 11.8 Å². The molecular weight excluding hydrogens is 198 g/mol. The molecule has 3 unspecified atom stereocenters. The predicted octanol–water partition coefficient (Wildman–Crippen LogP) is 3.04. The SMILES string of the molecule is C=C(C)C(=O)NC1CCC2CCCCC2C1. The first-order valence-corrected chi connectivity index (χ1v) is 6.63. The van der Waals surface area contributed by atoms with Crippen molar-refractivity contribution in [2.45, 2.75) is 57.9 Å². The summed E-state index contributed by atoms with van der Waals surface area (Å²) in [5.41, 5.74) is 0.630. The van der Waals surface area contributed by atoms with Gasteiger partial charge in [-0.15, -0.1) is 0 Å². The highest BCUT2D eigenvalue weighted by molar-refractivity contribution is 5.92. The van der Waals surface area contributed by atoms with E-state index in [1.165, 1.54) is 44.9 Å². The summed E-state index contributed by atoms with van der Waals surface area (Å²) in [6.07, 6.45) is 9.29.